The lowest BCUT2D eigenvalue weighted by atomic mass is 10.1. The highest BCUT2D eigenvalue weighted by atomic mass is 19.1. The third kappa shape index (κ3) is 5.52. The van der Waals surface area contributed by atoms with Crippen molar-refractivity contribution in [3.63, 3.8) is 0 Å². The van der Waals surface area contributed by atoms with E-state index < -0.39 is 0 Å². The normalized spacial score (nSPS) is 11.9. The number of halogens is 1. The Bertz CT molecular complexity index is 1100. The van der Waals surface area contributed by atoms with Crippen LogP contribution < -0.4 is 9.47 Å². The molecule has 0 spiro atoms. The average Bonchev–Trinajstić information content (AvgIpc) is 3.50. The van der Waals surface area contributed by atoms with Crippen molar-refractivity contribution in [1.29, 1.82) is 0 Å². The Labute approximate surface area is 191 Å². The van der Waals surface area contributed by atoms with Gasteiger partial charge in [-0.05, 0) is 54.4 Å². The molecule has 0 atom stereocenters. The van der Waals surface area contributed by atoms with Crippen molar-refractivity contribution in [3.8, 4) is 11.5 Å². The first-order valence-electron chi connectivity index (χ1n) is 10.8. The van der Waals surface area contributed by atoms with Gasteiger partial charge >= 0.3 is 0 Å². The largest absolute Gasteiger partial charge is 0.467 e. The number of hydrogen-bond acceptors (Lipinski definition) is 5. The molecule has 3 aromatic rings. The van der Waals surface area contributed by atoms with E-state index in [0.717, 1.165) is 5.56 Å². The van der Waals surface area contributed by atoms with Crippen LogP contribution in [0.1, 0.15) is 35.0 Å². The van der Waals surface area contributed by atoms with Crippen molar-refractivity contribution in [2.24, 2.45) is 0 Å². The number of ether oxygens (including phenoxy) is 2. The van der Waals surface area contributed by atoms with Crippen molar-refractivity contribution in [2.45, 2.75) is 26.4 Å². The number of hydrogen-bond donors (Lipinski definition) is 0. The van der Waals surface area contributed by atoms with Crippen LogP contribution in [0.5, 0.6) is 11.5 Å². The molecule has 0 bridgehead atoms. The SMILES string of the molecule is CCCN(CC(=O)N(Cc1ccc(F)cc1)Cc1ccco1)C(=O)c1ccc2c(c1)OCO2. The van der Waals surface area contributed by atoms with E-state index in [1.54, 1.807) is 53.6 Å². The summed E-state index contributed by atoms with van der Waals surface area (Å²) in [6.07, 6.45) is 2.24. The number of carbonyl (C=O) groups excluding carboxylic acids is 2. The van der Waals surface area contributed by atoms with Gasteiger partial charge in [0.25, 0.3) is 5.91 Å². The molecule has 4 rings (SSSR count). The van der Waals surface area contributed by atoms with Crippen LogP contribution in [0.15, 0.2) is 65.3 Å². The zero-order valence-electron chi connectivity index (χ0n) is 18.3. The van der Waals surface area contributed by atoms with Gasteiger partial charge in [-0.15, -0.1) is 0 Å². The Morgan fingerprint density at radius 3 is 2.48 bits per heavy atom. The highest BCUT2D eigenvalue weighted by Crippen LogP contribution is 2.32. The fourth-order valence-corrected chi connectivity index (χ4v) is 3.63. The zero-order valence-corrected chi connectivity index (χ0v) is 18.3. The first-order valence-corrected chi connectivity index (χ1v) is 10.8. The van der Waals surface area contributed by atoms with Crippen molar-refractivity contribution in [1.82, 2.24) is 9.80 Å². The van der Waals surface area contributed by atoms with Gasteiger partial charge in [0.2, 0.25) is 12.7 Å². The van der Waals surface area contributed by atoms with Crippen LogP contribution in [0.25, 0.3) is 0 Å². The second kappa shape index (κ2) is 10.2. The quantitative estimate of drug-likeness (QED) is 0.486. The maximum atomic E-state index is 13.3. The first-order chi connectivity index (χ1) is 16.0. The predicted molar refractivity (Wildman–Crippen MR) is 118 cm³/mol. The number of nitrogens with zero attached hydrogens (tertiary/aromatic N) is 2. The van der Waals surface area contributed by atoms with Gasteiger partial charge in [0, 0.05) is 18.7 Å². The molecule has 2 heterocycles. The molecule has 7 nitrogen and oxygen atoms in total. The van der Waals surface area contributed by atoms with Gasteiger partial charge < -0.3 is 23.7 Å². The van der Waals surface area contributed by atoms with Gasteiger partial charge in [0.15, 0.2) is 11.5 Å². The Balaban J connectivity index is 1.51. The van der Waals surface area contributed by atoms with E-state index in [1.807, 2.05) is 6.92 Å². The molecule has 8 heteroatoms. The van der Waals surface area contributed by atoms with Gasteiger partial charge in [0.05, 0.1) is 12.8 Å². The predicted octanol–water partition coefficient (Wildman–Crippen LogP) is 4.23. The fourth-order valence-electron chi connectivity index (χ4n) is 3.63. The molecule has 0 aliphatic carbocycles. The number of amides is 2. The lowest BCUT2D eigenvalue weighted by molar-refractivity contribution is -0.133. The second-order valence-electron chi connectivity index (χ2n) is 7.75. The molecule has 0 saturated carbocycles. The Hall–Kier alpha value is -3.81. The molecule has 0 saturated heterocycles. The maximum absolute atomic E-state index is 13.3. The topological polar surface area (TPSA) is 72.2 Å². The van der Waals surface area contributed by atoms with E-state index in [2.05, 4.69) is 0 Å². The van der Waals surface area contributed by atoms with Crippen molar-refractivity contribution in [3.05, 3.63) is 83.6 Å². The van der Waals surface area contributed by atoms with Gasteiger partial charge in [0.1, 0.15) is 18.1 Å². The summed E-state index contributed by atoms with van der Waals surface area (Å²) in [6.45, 7) is 2.89. The van der Waals surface area contributed by atoms with Crippen molar-refractivity contribution >= 4 is 11.8 Å². The van der Waals surface area contributed by atoms with Gasteiger partial charge in [-0.2, -0.15) is 0 Å². The molecule has 1 aromatic heterocycles. The molecule has 1 aliphatic rings. The number of carbonyl (C=O) groups is 2. The third-order valence-corrected chi connectivity index (χ3v) is 5.29. The van der Waals surface area contributed by atoms with E-state index in [-0.39, 0.29) is 44.1 Å². The van der Waals surface area contributed by atoms with E-state index in [1.165, 1.54) is 17.0 Å². The molecule has 0 radical (unpaired) electrons. The lowest BCUT2D eigenvalue weighted by Gasteiger charge is -2.27. The number of rotatable bonds is 9. The number of furan rings is 1. The molecule has 0 unspecified atom stereocenters. The van der Waals surface area contributed by atoms with Gasteiger partial charge in [-0.3, -0.25) is 9.59 Å². The molecule has 2 aromatic carbocycles. The van der Waals surface area contributed by atoms with E-state index >= 15 is 0 Å². The summed E-state index contributed by atoms with van der Waals surface area (Å²) in [5.74, 6) is 0.884. The summed E-state index contributed by atoms with van der Waals surface area (Å²) in [5.41, 5.74) is 1.21. The lowest BCUT2D eigenvalue weighted by Crippen LogP contribution is -2.42. The van der Waals surface area contributed by atoms with E-state index in [9.17, 15) is 14.0 Å². The molecule has 0 fully saturated rings. The molecular weight excluding hydrogens is 427 g/mol. The van der Waals surface area contributed by atoms with Crippen LogP contribution in [-0.4, -0.2) is 41.5 Å². The number of fused-ring (bicyclic) bond motifs is 1. The fraction of sp³-hybridized carbons (Fsp3) is 0.280. The van der Waals surface area contributed by atoms with Crippen LogP contribution >= 0.6 is 0 Å². The van der Waals surface area contributed by atoms with E-state index in [4.69, 9.17) is 13.9 Å². The first kappa shape index (κ1) is 22.4. The molecular formula is C25H25FN2O5. The monoisotopic (exact) mass is 452 g/mol. The standard InChI is InChI=1S/C25H25FN2O5/c1-2-11-27(25(30)19-7-10-22-23(13-19)33-17-32-22)16-24(29)28(15-21-4-3-12-31-21)14-18-5-8-20(26)9-6-18/h3-10,12-13H,2,11,14-17H2,1H3. The zero-order chi connectivity index (χ0) is 23.2. The van der Waals surface area contributed by atoms with Crippen LogP contribution in [0, 0.1) is 5.82 Å². The summed E-state index contributed by atoms with van der Waals surface area (Å²) in [6, 6.07) is 14.5. The van der Waals surface area contributed by atoms with Crippen LogP contribution in [0.4, 0.5) is 4.39 Å². The Kier molecular flexibility index (Phi) is 6.92. The van der Waals surface area contributed by atoms with Crippen molar-refractivity contribution < 1.29 is 27.9 Å². The minimum Gasteiger partial charge on any atom is -0.467 e. The Morgan fingerprint density at radius 1 is 0.970 bits per heavy atom. The third-order valence-electron chi connectivity index (χ3n) is 5.29. The summed E-state index contributed by atoms with van der Waals surface area (Å²) >= 11 is 0. The van der Waals surface area contributed by atoms with Crippen LogP contribution in [-0.2, 0) is 17.9 Å². The summed E-state index contributed by atoms with van der Waals surface area (Å²) in [5, 5.41) is 0. The highest BCUT2D eigenvalue weighted by molar-refractivity contribution is 5.97. The van der Waals surface area contributed by atoms with Gasteiger partial charge in [-0.25, -0.2) is 4.39 Å². The van der Waals surface area contributed by atoms with Crippen LogP contribution in [0.3, 0.4) is 0 Å². The maximum Gasteiger partial charge on any atom is 0.254 e. The highest BCUT2D eigenvalue weighted by Gasteiger charge is 2.24. The minimum atomic E-state index is -0.342. The smallest absolute Gasteiger partial charge is 0.254 e. The van der Waals surface area contributed by atoms with Crippen LogP contribution in [0.2, 0.25) is 0 Å². The molecule has 2 amide bonds. The number of benzene rings is 2. The Morgan fingerprint density at radius 2 is 1.76 bits per heavy atom. The summed E-state index contributed by atoms with van der Waals surface area (Å²) in [7, 11) is 0. The molecule has 0 N–H and O–H groups in total. The average molecular weight is 452 g/mol. The summed E-state index contributed by atoms with van der Waals surface area (Å²) < 4.78 is 29.4. The molecule has 1 aliphatic heterocycles. The van der Waals surface area contributed by atoms with Crippen molar-refractivity contribution in [2.75, 3.05) is 19.9 Å². The second-order valence-corrected chi connectivity index (χ2v) is 7.75. The van der Waals surface area contributed by atoms with Gasteiger partial charge in [-0.1, -0.05) is 19.1 Å². The van der Waals surface area contributed by atoms with E-state index in [0.29, 0.717) is 35.8 Å². The minimum absolute atomic E-state index is 0.0942. The summed E-state index contributed by atoms with van der Waals surface area (Å²) in [4.78, 5) is 29.7. The molecule has 33 heavy (non-hydrogen) atoms. The molecule has 172 valence electrons.